The lowest BCUT2D eigenvalue weighted by molar-refractivity contribution is -0.113. The molecule has 8 nitrogen and oxygen atoms in total. The molecule has 1 amide bonds. The predicted molar refractivity (Wildman–Crippen MR) is 108 cm³/mol. The van der Waals surface area contributed by atoms with Gasteiger partial charge in [0.05, 0.1) is 15.7 Å². The third-order valence-corrected chi connectivity index (χ3v) is 5.75. The number of aryl methyl sites for hydroxylation is 1. The number of pyridine rings is 1. The van der Waals surface area contributed by atoms with E-state index in [0.717, 1.165) is 5.03 Å². The normalized spacial score (nSPS) is 11.0. The van der Waals surface area contributed by atoms with Gasteiger partial charge in [-0.25, -0.2) is 28.1 Å². The van der Waals surface area contributed by atoms with E-state index in [1.807, 2.05) is 12.1 Å². The molecule has 0 saturated heterocycles. The van der Waals surface area contributed by atoms with Crippen molar-refractivity contribution in [3.8, 4) is 0 Å². The van der Waals surface area contributed by atoms with Crippen molar-refractivity contribution < 1.29 is 13.2 Å². The van der Waals surface area contributed by atoms with Crippen molar-refractivity contribution >= 4 is 39.3 Å². The second-order valence-electron chi connectivity index (χ2n) is 5.66. The maximum atomic E-state index is 12.4. The average Bonchev–Trinajstić information content (AvgIpc) is 2.67. The van der Waals surface area contributed by atoms with Crippen molar-refractivity contribution in [1.82, 2.24) is 15.0 Å². The Hall–Kier alpha value is -2.98. The molecule has 0 radical (unpaired) electrons. The molecule has 0 aliphatic rings. The van der Waals surface area contributed by atoms with Crippen LogP contribution in [0.2, 0.25) is 0 Å². The van der Waals surface area contributed by atoms with Gasteiger partial charge in [0.2, 0.25) is 11.9 Å². The van der Waals surface area contributed by atoms with Crippen LogP contribution in [0.5, 0.6) is 0 Å². The largest absolute Gasteiger partial charge is 0.325 e. The number of carbonyl (C=O) groups is 1. The minimum atomic E-state index is -3.82. The third-order valence-electron chi connectivity index (χ3n) is 3.46. The second kappa shape index (κ2) is 8.81. The summed E-state index contributed by atoms with van der Waals surface area (Å²) < 4.78 is 27.2. The monoisotopic (exact) mass is 415 g/mol. The SMILES string of the molecule is Cc1ccnc(NS(=O)(=O)c2ccc(NC(=O)CSc3ccccn3)cc2)n1. The Morgan fingerprint density at radius 1 is 1.04 bits per heavy atom. The van der Waals surface area contributed by atoms with Crippen LogP contribution >= 0.6 is 11.8 Å². The van der Waals surface area contributed by atoms with E-state index in [1.165, 1.54) is 42.2 Å². The molecular weight excluding hydrogens is 398 g/mol. The molecule has 0 aliphatic carbocycles. The zero-order valence-electron chi connectivity index (χ0n) is 14.9. The maximum absolute atomic E-state index is 12.4. The van der Waals surface area contributed by atoms with Crippen molar-refractivity contribution in [1.29, 1.82) is 0 Å². The van der Waals surface area contributed by atoms with E-state index in [9.17, 15) is 13.2 Å². The predicted octanol–water partition coefficient (Wildman–Crippen LogP) is 2.71. The Morgan fingerprint density at radius 3 is 2.50 bits per heavy atom. The van der Waals surface area contributed by atoms with Crippen molar-refractivity contribution in [3.05, 3.63) is 66.6 Å². The van der Waals surface area contributed by atoms with E-state index in [4.69, 9.17) is 0 Å². The molecule has 0 fully saturated rings. The number of hydrogen-bond donors (Lipinski definition) is 2. The van der Waals surface area contributed by atoms with Gasteiger partial charge in [0.15, 0.2) is 0 Å². The van der Waals surface area contributed by atoms with Gasteiger partial charge in [0.25, 0.3) is 10.0 Å². The summed E-state index contributed by atoms with van der Waals surface area (Å²) in [6.45, 7) is 1.74. The van der Waals surface area contributed by atoms with Crippen LogP contribution < -0.4 is 10.0 Å². The van der Waals surface area contributed by atoms with Crippen LogP contribution in [0.1, 0.15) is 5.69 Å². The highest BCUT2D eigenvalue weighted by atomic mass is 32.2. The van der Waals surface area contributed by atoms with Gasteiger partial charge in [0.1, 0.15) is 0 Å². The molecular formula is C18H17N5O3S2. The summed E-state index contributed by atoms with van der Waals surface area (Å²) in [5, 5.41) is 3.47. The summed E-state index contributed by atoms with van der Waals surface area (Å²) in [5.41, 5.74) is 1.15. The number of hydrogen-bond acceptors (Lipinski definition) is 7. The molecule has 10 heteroatoms. The van der Waals surface area contributed by atoms with Crippen LogP contribution in [0.3, 0.4) is 0 Å². The number of amides is 1. The average molecular weight is 416 g/mol. The number of sulfonamides is 1. The van der Waals surface area contributed by atoms with Gasteiger partial charge in [-0.1, -0.05) is 17.8 Å². The summed E-state index contributed by atoms with van der Waals surface area (Å²) in [6.07, 6.45) is 3.14. The summed E-state index contributed by atoms with van der Waals surface area (Å²) >= 11 is 1.31. The first-order chi connectivity index (χ1) is 13.4. The van der Waals surface area contributed by atoms with E-state index >= 15 is 0 Å². The van der Waals surface area contributed by atoms with E-state index < -0.39 is 10.0 Å². The molecule has 2 aromatic heterocycles. The van der Waals surface area contributed by atoms with Gasteiger partial charge in [-0.3, -0.25) is 4.79 Å². The summed E-state index contributed by atoms with van der Waals surface area (Å²) in [6, 6.07) is 13.0. The number of carbonyl (C=O) groups excluding carboxylic acids is 1. The molecule has 0 spiro atoms. The topological polar surface area (TPSA) is 114 Å². The minimum absolute atomic E-state index is 0.00363. The summed E-state index contributed by atoms with van der Waals surface area (Å²) in [5.74, 6) is -0.00924. The Bertz CT molecular complexity index is 1060. The van der Waals surface area contributed by atoms with Crippen LogP contribution in [0.15, 0.2) is 70.8 Å². The summed E-state index contributed by atoms with van der Waals surface area (Å²) in [7, 11) is -3.82. The molecule has 3 rings (SSSR count). The van der Waals surface area contributed by atoms with E-state index in [2.05, 4.69) is 25.0 Å². The Balaban J connectivity index is 1.60. The first kappa shape index (κ1) is 19.8. The summed E-state index contributed by atoms with van der Waals surface area (Å²) in [4.78, 5) is 24.1. The van der Waals surface area contributed by atoms with Gasteiger partial charge in [-0.2, -0.15) is 0 Å². The molecule has 2 N–H and O–H groups in total. The van der Waals surface area contributed by atoms with Crippen molar-refractivity contribution in [2.75, 3.05) is 15.8 Å². The molecule has 28 heavy (non-hydrogen) atoms. The quantitative estimate of drug-likeness (QED) is 0.570. The molecule has 0 saturated carbocycles. The zero-order chi connectivity index (χ0) is 20.0. The Labute approximate surface area is 166 Å². The number of aromatic nitrogens is 3. The number of rotatable bonds is 7. The molecule has 144 valence electrons. The van der Waals surface area contributed by atoms with Gasteiger partial charge in [-0.15, -0.1) is 0 Å². The lowest BCUT2D eigenvalue weighted by atomic mass is 10.3. The smallest absolute Gasteiger partial charge is 0.264 e. The second-order valence-corrected chi connectivity index (χ2v) is 8.33. The number of thioether (sulfide) groups is 1. The number of anilines is 2. The molecule has 0 aliphatic heterocycles. The maximum Gasteiger partial charge on any atom is 0.264 e. The number of nitrogens with zero attached hydrogens (tertiary/aromatic N) is 3. The molecule has 2 heterocycles. The van der Waals surface area contributed by atoms with Crippen LogP contribution in [0.25, 0.3) is 0 Å². The standard InChI is InChI=1S/C18H17N5O3S2/c1-13-9-11-20-18(21-13)23-28(25,26)15-7-5-14(6-8-15)22-16(24)12-27-17-4-2-3-10-19-17/h2-11H,12H2,1H3,(H,22,24)(H,20,21,23). The third kappa shape index (κ3) is 5.51. The van der Waals surface area contributed by atoms with Crippen LogP contribution in [0.4, 0.5) is 11.6 Å². The fourth-order valence-electron chi connectivity index (χ4n) is 2.16. The van der Waals surface area contributed by atoms with Crippen LogP contribution in [-0.4, -0.2) is 35.0 Å². The fraction of sp³-hybridized carbons (Fsp3) is 0.111. The van der Waals surface area contributed by atoms with Crippen LogP contribution in [-0.2, 0) is 14.8 Å². The van der Waals surface area contributed by atoms with E-state index in [-0.39, 0.29) is 22.5 Å². The number of nitrogens with one attached hydrogen (secondary N) is 2. The first-order valence-electron chi connectivity index (χ1n) is 8.18. The van der Waals surface area contributed by atoms with Crippen molar-refractivity contribution in [2.24, 2.45) is 0 Å². The fourth-order valence-corrected chi connectivity index (χ4v) is 3.78. The molecule has 1 aromatic carbocycles. The van der Waals surface area contributed by atoms with Crippen LogP contribution in [0, 0.1) is 6.92 Å². The van der Waals surface area contributed by atoms with E-state index in [1.54, 1.807) is 25.3 Å². The highest BCUT2D eigenvalue weighted by Gasteiger charge is 2.16. The minimum Gasteiger partial charge on any atom is -0.325 e. The van der Waals surface area contributed by atoms with Gasteiger partial charge in [-0.05, 0) is 49.4 Å². The lowest BCUT2D eigenvalue weighted by Gasteiger charge is -2.09. The first-order valence-corrected chi connectivity index (χ1v) is 10.7. The Morgan fingerprint density at radius 2 is 1.82 bits per heavy atom. The van der Waals surface area contributed by atoms with Gasteiger partial charge >= 0.3 is 0 Å². The molecule has 0 unspecified atom stereocenters. The molecule has 3 aromatic rings. The zero-order valence-corrected chi connectivity index (χ0v) is 16.5. The Kier molecular flexibility index (Phi) is 6.22. The highest BCUT2D eigenvalue weighted by molar-refractivity contribution is 7.99. The van der Waals surface area contributed by atoms with Gasteiger partial charge < -0.3 is 5.32 Å². The molecule has 0 atom stereocenters. The molecule has 0 bridgehead atoms. The lowest BCUT2D eigenvalue weighted by Crippen LogP contribution is -2.16. The van der Waals surface area contributed by atoms with Crippen molar-refractivity contribution in [3.63, 3.8) is 0 Å². The van der Waals surface area contributed by atoms with Gasteiger partial charge in [0, 0.05) is 23.8 Å². The number of benzene rings is 1. The van der Waals surface area contributed by atoms with E-state index in [0.29, 0.717) is 11.4 Å². The van der Waals surface area contributed by atoms with Crippen molar-refractivity contribution in [2.45, 2.75) is 16.8 Å². The highest BCUT2D eigenvalue weighted by Crippen LogP contribution is 2.18.